The molecule has 294 valence electrons. The van der Waals surface area contributed by atoms with Gasteiger partial charge in [-0.15, -0.1) is 0 Å². The van der Waals surface area contributed by atoms with Crippen molar-refractivity contribution in [2.75, 3.05) is 19.6 Å². The molecular formula is C40H55ClN6O7. The van der Waals surface area contributed by atoms with Crippen LogP contribution in [0.3, 0.4) is 0 Å². The number of ketones is 1. The summed E-state index contributed by atoms with van der Waals surface area (Å²) in [7, 11) is 0. The van der Waals surface area contributed by atoms with Gasteiger partial charge in [0.25, 0.3) is 5.91 Å². The predicted octanol–water partition coefficient (Wildman–Crippen LogP) is 3.65. The van der Waals surface area contributed by atoms with Crippen molar-refractivity contribution in [1.29, 1.82) is 0 Å². The summed E-state index contributed by atoms with van der Waals surface area (Å²) in [6.45, 7) is 8.78. The summed E-state index contributed by atoms with van der Waals surface area (Å²) in [6, 6.07) is 3.94. The lowest BCUT2D eigenvalue weighted by molar-refractivity contribution is -0.147. The molecule has 3 heterocycles. The number of rotatable bonds is 12. The molecule has 5 aliphatic rings. The molecule has 1 aromatic carbocycles. The number of Topliss-reactive ketones (excluding diaryl/α,β-unsaturated/α-hetero) is 1. The van der Waals surface area contributed by atoms with Crippen molar-refractivity contribution in [1.82, 2.24) is 31.2 Å². The number of benzene rings is 1. The minimum absolute atomic E-state index is 0.0133. The average molecular weight is 767 g/mol. The first-order valence-electron chi connectivity index (χ1n) is 19.7. The molecule has 2 aliphatic carbocycles. The normalized spacial score (nSPS) is 26.5. The van der Waals surface area contributed by atoms with E-state index in [1.807, 2.05) is 50.8 Å². The van der Waals surface area contributed by atoms with Crippen LogP contribution in [0, 0.1) is 17.3 Å². The first kappa shape index (κ1) is 39.7. The fourth-order valence-electron chi connectivity index (χ4n) is 8.27. The molecule has 4 fully saturated rings. The first-order chi connectivity index (χ1) is 25.7. The van der Waals surface area contributed by atoms with Gasteiger partial charge in [0.2, 0.25) is 29.4 Å². The molecular weight excluding hydrogens is 712 g/mol. The van der Waals surface area contributed by atoms with E-state index in [0.29, 0.717) is 43.1 Å². The monoisotopic (exact) mass is 766 g/mol. The van der Waals surface area contributed by atoms with Crippen LogP contribution in [0.15, 0.2) is 30.3 Å². The van der Waals surface area contributed by atoms with Crippen molar-refractivity contribution in [2.24, 2.45) is 17.3 Å². The van der Waals surface area contributed by atoms with Gasteiger partial charge < -0.3 is 25.8 Å². The first-order valence-corrected chi connectivity index (χ1v) is 20.0. The van der Waals surface area contributed by atoms with Crippen molar-refractivity contribution in [3.05, 3.63) is 40.9 Å². The Kier molecular flexibility index (Phi) is 12.1. The van der Waals surface area contributed by atoms with Crippen molar-refractivity contribution >= 4 is 52.6 Å². The SMILES string of the molecule is CCC[C@H](NC(=O)[C@@H]1C[C@]2(C=C(c3cccc(Cl)c3)NO2)CN1C(=O)[C@@H](NC(=O)C1CCCCC1C(=O)N1CCCC1)C(C)(C)C)C(=O)C(=O)NC1CC1. The fraction of sp³-hybridized carbons (Fsp3) is 0.650. The molecule has 5 amide bonds. The Balaban J connectivity index is 1.27. The van der Waals surface area contributed by atoms with Crippen LogP contribution in [0.5, 0.6) is 0 Å². The summed E-state index contributed by atoms with van der Waals surface area (Å²) in [5.74, 6) is -3.88. The molecule has 0 bridgehead atoms. The second kappa shape index (κ2) is 16.4. The van der Waals surface area contributed by atoms with Gasteiger partial charge in [0, 0.05) is 48.0 Å². The van der Waals surface area contributed by atoms with E-state index in [1.165, 1.54) is 4.90 Å². The third-order valence-corrected chi connectivity index (χ3v) is 11.7. The third-order valence-electron chi connectivity index (χ3n) is 11.4. The van der Waals surface area contributed by atoms with Crippen LogP contribution >= 0.6 is 11.6 Å². The molecule has 2 saturated heterocycles. The topological polar surface area (TPSA) is 166 Å². The van der Waals surface area contributed by atoms with Crippen LogP contribution in [-0.2, 0) is 33.6 Å². The quantitative estimate of drug-likeness (QED) is 0.234. The summed E-state index contributed by atoms with van der Waals surface area (Å²) in [5, 5.41) is 9.10. The van der Waals surface area contributed by atoms with Gasteiger partial charge in [-0.3, -0.25) is 39.1 Å². The van der Waals surface area contributed by atoms with Gasteiger partial charge in [-0.2, -0.15) is 0 Å². The number of likely N-dealkylation sites (tertiary alicyclic amines) is 2. The maximum absolute atomic E-state index is 14.9. The molecule has 4 N–H and O–H groups in total. The number of nitrogens with zero attached hydrogens (tertiary/aromatic N) is 2. The van der Waals surface area contributed by atoms with Crippen LogP contribution in [0.1, 0.15) is 104 Å². The number of halogens is 1. The van der Waals surface area contributed by atoms with Crippen LogP contribution in [0.25, 0.3) is 5.70 Å². The van der Waals surface area contributed by atoms with Gasteiger partial charge >= 0.3 is 0 Å². The lowest BCUT2D eigenvalue weighted by Gasteiger charge is -2.38. The van der Waals surface area contributed by atoms with E-state index in [-0.39, 0.29) is 37.2 Å². The van der Waals surface area contributed by atoms with E-state index in [1.54, 1.807) is 12.1 Å². The Morgan fingerprint density at radius 1 is 0.963 bits per heavy atom. The zero-order valence-electron chi connectivity index (χ0n) is 31.9. The molecule has 14 heteroatoms. The van der Waals surface area contributed by atoms with Crippen LogP contribution < -0.4 is 21.4 Å². The number of hydrogen-bond donors (Lipinski definition) is 4. The van der Waals surface area contributed by atoms with Gasteiger partial charge in [-0.05, 0) is 68.6 Å². The van der Waals surface area contributed by atoms with Crippen LogP contribution in [0.2, 0.25) is 5.02 Å². The van der Waals surface area contributed by atoms with Gasteiger partial charge in [-0.25, -0.2) is 0 Å². The highest BCUT2D eigenvalue weighted by Gasteiger charge is 2.54. The Morgan fingerprint density at radius 2 is 1.67 bits per heavy atom. The van der Waals surface area contributed by atoms with Gasteiger partial charge in [0.1, 0.15) is 17.7 Å². The zero-order chi connectivity index (χ0) is 38.8. The van der Waals surface area contributed by atoms with E-state index >= 15 is 0 Å². The molecule has 6 rings (SSSR count). The zero-order valence-corrected chi connectivity index (χ0v) is 32.6. The summed E-state index contributed by atoms with van der Waals surface area (Å²) in [4.78, 5) is 92.4. The van der Waals surface area contributed by atoms with Crippen molar-refractivity contribution in [3.63, 3.8) is 0 Å². The van der Waals surface area contributed by atoms with Crippen LogP contribution in [-0.4, -0.2) is 94.5 Å². The smallest absolute Gasteiger partial charge is 0.289 e. The minimum atomic E-state index is -1.13. The van der Waals surface area contributed by atoms with Crippen molar-refractivity contribution < 1.29 is 33.6 Å². The van der Waals surface area contributed by atoms with Crippen molar-refractivity contribution in [2.45, 2.75) is 128 Å². The number of hydroxylamine groups is 1. The largest absolute Gasteiger partial charge is 0.347 e. The predicted molar refractivity (Wildman–Crippen MR) is 202 cm³/mol. The maximum atomic E-state index is 14.9. The van der Waals surface area contributed by atoms with Crippen LogP contribution in [0.4, 0.5) is 0 Å². The minimum Gasteiger partial charge on any atom is -0.347 e. The summed E-state index contributed by atoms with van der Waals surface area (Å²) < 4.78 is 0. The number of hydrogen-bond acceptors (Lipinski definition) is 8. The Bertz CT molecular complexity index is 1670. The molecule has 0 aromatic heterocycles. The molecule has 13 nitrogen and oxygen atoms in total. The lowest BCUT2D eigenvalue weighted by Crippen LogP contribution is -2.60. The van der Waals surface area contributed by atoms with E-state index < -0.39 is 64.5 Å². The molecule has 2 saturated carbocycles. The van der Waals surface area contributed by atoms with E-state index in [2.05, 4.69) is 21.4 Å². The molecule has 6 atom stereocenters. The fourth-order valence-corrected chi connectivity index (χ4v) is 8.46. The van der Waals surface area contributed by atoms with E-state index in [9.17, 15) is 28.8 Å². The van der Waals surface area contributed by atoms with E-state index in [0.717, 1.165) is 44.1 Å². The highest BCUT2D eigenvalue weighted by Crippen LogP contribution is 2.40. The average Bonchev–Trinajstić information content (AvgIpc) is 3.49. The summed E-state index contributed by atoms with van der Waals surface area (Å²) >= 11 is 6.28. The standard InChI is InChI=1S/C40H55ClN6O7/c1-5-11-29(32(48)36(51)42-26-16-17-26)43-35(50)31-22-40(21-30(45-54-40)24-12-10-13-25(41)20-24)23-47(31)38(53)33(39(2,3)4)44-34(49)27-14-6-7-15-28(27)37(52)46-18-8-9-19-46/h10,12-13,20-21,26-29,31,33,45H,5-9,11,14-19,22-23H2,1-4H3,(H,42,51)(H,43,50)(H,44,49)/t27?,28?,29-,31-,33+,40+/m0/s1. The number of carbonyl (C=O) groups excluding carboxylic acids is 6. The van der Waals surface area contributed by atoms with Gasteiger partial charge in [0.15, 0.2) is 0 Å². The number of amides is 5. The molecule has 2 unspecified atom stereocenters. The van der Waals surface area contributed by atoms with Gasteiger partial charge in [-0.1, -0.05) is 70.7 Å². The Labute approximate surface area is 322 Å². The molecule has 1 aromatic rings. The highest BCUT2D eigenvalue weighted by molar-refractivity contribution is 6.38. The van der Waals surface area contributed by atoms with Crippen molar-refractivity contribution in [3.8, 4) is 0 Å². The number of carbonyl (C=O) groups is 6. The molecule has 0 radical (unpaired) electrons. The second-order valence-electron chi connectivity index (χ2n) is 16.8. The lowest BCUT2D eigenvalue weighted by atomic mass is 9.77. The van der Waals surface area contributed by atoms with E-state index in [4.69, 9.17) is 16.4 Å². The summed E-state index contributed by atoms with van der Waals surface area (Å²) in [5.41, 5.74) is 2.42. The molecule has 54 heavy (non-hydrogen) atoms. The maximum Gasteiger partial charge on any atom is 0.289 e. The summed E-state index contributed by atoms with van der Waals surface area (Å²) in [6.07, 6.45) is 9.05. The Hall–Kier alpha value is -3.97. The Morgan fingerprint density at radius 3 is 2.31 bits per heavy atom. The number of nitrogens with one attached hydrogen (secondary N) is 4. The second-order valence-corrected chi connectivity index (χ2v) is 17.3. The molecule has 1 spiro atoms. The highest BCUT2D eigenvalue weighted by atomic mass is 35.5. The third kappa shape index (κ3) is 8.94. The molecule has 3 aliphatic heterocycles. The van der Waals surface area contributed by atoms with Gasteiger partial charge in [0.05, 0.1) is 18.3 Å².